The molecular formula is C12H14N2O3S2. The molecule has 1 aromatic heterocycles. The molecule has 0 bridgehead atoms. The lowest BCUT2D eigenvalue weighted by Crippen LogP contribution is -2.11. The molecule has 0 saturated carbocycles. The fourth-order valence-corrected chi connectivity index (χ4v) is 3.87. The molecule has 0 unspecified atom stereocenters. The van der Waals surface area contributed by atoms with Crippen molar-refractivity contribution in [2.24, 2.45) is 0 Å². The molecule has 1 heterocycles. The molecule has 7 heteroatoms. The first-order valence-electron chi connectivity index (χ1n) is 5.45. The van der Waals surface area contributed by atoms with Crippen LogP contribution in [0.2, 0.25) is 0 Å². The average molecular weight is 298 g/mol. The van der Waals surface area contributed by atoms with E-state index >= 15 is 0 Å². The number of aryl methyl sites for hydroxylation is 1. The molecule has 2 rings (SSSR count). The van der Waals surface area contributed by atoms with Crippen molar-refractivity contribution in [1.29, 1.82) is 0 Å². The number of nitrogens with one attached hydrogen (secondary N) is 1. The number of nitrogens with two attached hydrogens (primary N) is 1. The molecule has 0 aliphatic carbocycles. The van der Waals surface area contributed by atoms with Gasteiger partial charge in [-0.2, -0.15) is 0 Å². The molecule has 102 valence electrons. The van der Waals surface area contributed by atoms with Crippen molar-refractivity contribution in [3.8, 4) is 5.75 Å². The maximum absolute atomic E-state index is 12.1. The first-order chi connectivity index (χ1) is 8.92. The Hall–Kier alpha value is -1.73. The normalized spacial score (nSPS) is 11.3. The molecule has 19 heavy (non-hydrogen) atoms. The van der Waals surface area contributed by atoms with E-state index in [1.807, 2.05) is 6.92 Å². The van der Waals surface area contributed by atoms with Crippen molar-refractivity contribution in [2.75, 3.05) is 17.6 Å². The minimum absolute atomic E-state index is 0.279. The van der Waals surface area contributed by atoms with Gasteiger partial charge in [0.2, 0.25) is 0 Å². The molecule has 2 aromatic rings. The Morgan fingerprint density at radius 1 is 1.26 bits per heavy atom. The van der Waals surface area contributed by atoms with Gasteiger partial charge in [0.05, 0.1) is 18.5 Å². The van der Waals surface area contributed by atoms with E-state index in [1.54, 1.807) is 30.3 Å². The maximum Gasteiger partial charge on any atom is 0.271 e. The van der Waals surface area contributed by atoms with Gasteiger partial charge in [-0.05, 0) is 31.2 Å². The largest absolute Gasteiger partial charge is 0.495 e. The van der Waals surface area contributed by atoms with Gasteiger partial charge in [-0.25, -0.2) is 8.42 Å². The molecule has 0 amide bonds. The van der Waals surface area contributed by atoms with Crippen molar-refractivity contribution < 1.29 is 13.2 Å². The zero-order valence-corrected chi connectivity index (χ0v) is 12.1. The van der Waals surface area contributed by atoms with Crippen molar-refractivity contribution in [1.82, 2.24) is 0 Å². The number of rotatable bonds is 4. The predicted molar refractivity (Wildman–Crippen MR) is 77.3 cm³/mol. The standard InChI is InChI=1S/C12H14N2O3S2/c1-8-3-6-12(18-8)19(15,16)14-9-4-5-10(13)11(7-9)17-2/h3-7,14H,13H2,1-2H3. The van der Waals surface area contributed by atoms with Gasteiger partial charge in [0.15, 0.2) is 0 Å². The summed E-state index contributed by atoms with van der Waals surface area (Å²) in [5, 5.41) is 0. The summed E-state index contributed by atoms with van der Waals surface area (Å²) in [4.78, 5) is 0.940. The van der Waals surface area contributed by atoms with Crippen LogP contribution in [0.5, 0.6) is 5.75 Å². The van der Waals surface area contributed by atoms with Gasteiger partial charge in [0.25, 0.3) is 10.0 Å². The highest BCUT2D eigenvalue weighted by molar-refractivity contribution is 7.94. The van der Waals surface area contributed by atoms with E-state index in [4.69, 9.17) is 10.5 Å². The van der Waals surface area contributed by atoms with E-state index in [9.17, 15) is 8.42 Å². The second kappa shape index (κ2) is 5.10. The molecule has 0 aliphatic rings. The number of sulfonamides is 1. The van der Waals surface area contributed by atoms with Crippen LogP contribution in [0, 0.1) is 6.92 Å². The number of thiophene rings is 1. The van der Waals surface area contributed by atoms with Crippen LogP contribution in [0.15, 0.2) is 34.5 Å². The third-order valence-electron chi connectivity index (χ3n) is 2.47. The molecule has 5 nitrogen and oxygen atoms in total. The van der Waals surface area contributed by atoms with E-state index in [-0.39, 0.29) is 4.21 Å². The molecule has 0 aliphatic heterocycles. The Morgan fingerprint density at radius 2 is 2.00 bits per heavy atom. The monoisotopic (exact) mass is 298 g/mol. The van der Waals surface area contributed by atoms with Crippen molar-refractivity contribution in [3.63, 3.8) is 0 Å². The summed E-state index contributed by atoms with van der Waals surface area (Å²) in [6.45, 7) is 1.86. The van der Waals surface area contributed by atoms with E-state index in [1.165, 1.54) is 18.4 Å². The summed E-state index contributed by atoms with van der Waals surface area (Å²) in [6, 6.07) is 8.08. The molecule has 1 aromatic carbocycles. The van der Waals surface area contributed by atoms with Gasteiger partial charge >= 0.3 is 0 Å². The number of hydrogen-bond donors (Lipinski definition) is 2. The van der Waals surface area contributed by atoms with Crippen LogP contribution in [0.25, 0.3) is 0 Å². The van der Waals surface area contributed by atoms with Gasteiger partial charge in [0, 0.05) is 10.9 Å². The van der Waals surface area contributed by atoms with Crippen LogP contribution >= 0.6 is 11.3 Å². The first-order valence-corrected chi connectivity index (χ1v) is 7.75. The molecule has 3 N–H and O–H groups in total. The van der Waals surface area contributed by atoms with E-state index in [0.717, 1.165) is 4.88 Å². The second-order valence-corrected chi connectivity index (χ2v) is 7.12. The van der Waals surface area contributed by atoms with Crippen LogP contribution in [-0.2, 0) is 10.0 Å². The lowest BCUT2D eigenvalue weighted by molar-refractivity contribution is 0.417. The summed E-state index contributed by atoms with van der Waals surface area (Å²) in [5.41, 5.74) is 6.55. The summed E-state index contributed by atoms with van der Waals surface area (Å²) >= 11 is 1.22. The third-order valence-corrected chi connectivity index (χ3v) is 5.34. The Morgan fingerprint density at radius 3 is 2.58 bits per heavy atom. The fraction of sp³-hybridized carbons (Fsp3) is 0.167. The SMILES string of the molecule is COc1cc(NS(=O)(=O)c2ccc(C)s2)ccc1N. The van der Waals surface area contributed by atoms with Gasteiger partial charge in [-0.1, -0.05) is 0 Å². The van der Waals surface area contributed by atoms with Crippen LogP contribution in [0.1, 0.15) is 4.88 Å². The lowest BCUT2D eigenvalue weighted by Gasteiger charge is -2.09. The summed E-state index contributed by atoms with van der Waals surface area (Å²) in [7, 11) is -2.08. The van der Waals surface area contributed by atoms with Gasteiger partial charge in [0.1, 0.15) is 9.96 Å². The average Bonchev–Trinajstić information content (AvgIpc) is 2.79. The molecule has 0 saturated heterocycles. The summed E-state index contributed by atoms with van der Waals surface area (Å²) < 4.78 is 32.1. The maximum atomic E-state index is 12.1. The highest BCUT2D eigenvalue weighted by Crippen LogP contribution is 2.28. The third kappa shape index (κ3) is 2.99. The number of anilines is 2. The number of nitrogen functional groups attached to an aromatic ring is 1. The minimum Gasteiger partial charge on any atom is -0.495 e. The fourth-order valence-electron chi connectivity index (χ4n) is 1.54. The van der Waals surface area contributed by atoms with Gasteiger partial charge in [-0.15, -0.1) is 11.3 Å². The Labute approximate surface area is 116 Å². The Bertz CT molecular complexity index is 693. The molecule has 0 atom stereocenters. The quantitative estimate of drug-likeness (QED) is 0.849. The highest BCUT2D eigenvalue weighted by Gasteiger charge is 2.16. The topological polar surface area (TPSA) is 81.4 Å². The van der Waals surface area contributed by atoms with Crippen LogP contribution in [0.4, 0.5) is 11.4 Å². The number of methoxy groups -OCH3 is 1. The van der Waals surface area contributed by atoms with Gasteiger partial charge < -0.3 is 10.5 Å². The van der Waals surface area contributed by atoms with Crippen LogP contribution < -0.4 is 15.2 Å². The van der Waals surface area contributed by atoms with E-state index < -0.39 is 10.0 Å². The zero-order chi connectivity index (χ0) is 14.0. The van der Waals surface area contributed by atoms with Crippen molar-refractivity contribution in [3.05, 3.63) is 35.2 Å². The zero-order valence-electron chi connectivity index (χ0n) is 10.5. The van der Waals surface area contributed by atoms with Crippen molar-refractivity contribution in [2.45, 2.75) is 11.1 Å². The predicted octanol–water partition coefficient (Wildman–Crippen LogP) is 2.45. The smallest absolute Gasteiger partial charge is 0.271 e. The molecule has 0 radical (unpaired) electrons. The molecule has 0 spiro atoms. The first kappa shape index (κ1) is 13.7. The Balaban J connectivity index is 2.30. The van der Waals surface area contributed by atoms with Crippen molar-refractivity contribution >= 4 is 32.7 Å². The summed E-state index contributed by atoms with van der Waals surface area (Å²) in [5.74, 6) is 0.433. The highest BCUT2D eigenvalue weighted by atomic mass is 32.2. The van der Waals surface area contributed by atoms with E-state index in [2.05, 4.69) is 4.72 Å². The number of benzene rings is 1. The van der Waals surface area contributed by atoms with Gasteiger partial charge in [-0.3, -0.25) is 4.72 Å². The van der Waals surface area contributed by atoms with Crippen LogP contribution in [-0.4, -0.2) is 15.5 Å². The summed E-state index contributed by atoms with van der Waals surface area (Å²) in [6.07, 6.45) is 0. The lowest BCUT2D eigenvalue weighted by atomic mass is 10.3. The molecular weight excluding hydrogens is 284 g/mol. The minimum atomic E-state index is -3.56. The second-order valence-electron chi connectivity index (χ2n) is 3.93. The number of hydrogen-bond acceptors (Lipinski definition) is 5. The Kier molecular flexibility index (Phi) is 3.68. The van der Waals surface area contributed by atoms with Crippen LogP contribution in [0.3, 0.4) is 0 Å². The van der Waals surface area contributed by atoms with E-state index in [0.29, 0.717) is 17.1 Å². The molecule has 0 fully saturated rings. The number of ether oxygens (including phenoxy) is 1.